The molecule has 9 heteroatoms. The minimum atomic E-state index is -3.06. The summed E-state index contributed by atoms with van der Waals surface area (Å²) in [4.78, 5) is 18.2. The number of hydrogen-bond donors (Lipinski definition) is 0. The number of nitrogens with zero attached hydrogens (tertiary/aromatic N) is 1. The minimum absolute atomic E-state index is 0.228. The van der Waals surface area contributed by atoms with Crippen molar-refractivity contribution in [1.82, 2.24) is 5.06 Å². The van der Waals surface area contributed by atoms with Gasteiger partial charge in [-0.3, -0.25) is 14.2 Å². The molecule has 2 aromatic carbocycles. The molecule has 0 spiro atoms. The van der Waals surface area contributed by atoms with Crippen LogP contribution in [-0.4, -0.2) is 37.9 Å². The first-order valence-corrected chi connectivity index (χ1v) is 13.2. The predicted molar refractivity (Wildman–Crippen MR) is 129 cm³/mol. The zero-order valence-electron chi connectivity index (χ0n) is 19.0. The third-order valence-electron chi connectivity index (χ3n) is 5.11. The molecule has 0 aliphatic carbocycles. The van der Waals surface area contributed by atoms with Crippen LogP contribution in [0.1, 0.15) is 50.1 Å². The number of hydrogen-bond acceptors (Lipinski definition) is 5. The molecule has 2 aromatic rings. The molecule has 0 saturated heterocycles. The second-order valence-corrected chi connectivity index (χ2v) is 11.0. The van der Waals surface area contributed by atoms with Crippen molar-refractivity contribution in [2.45, 2.75) is 39.0 Å². The third kappa shape index (κ3) is 7.23. The van der Waals surface area contributed by atoms with Crippen LogP contribution in [0.3, 0.4) is 0 Å². The zero-order valence-corrected chi connectivity index (χ0v) is 21.4. The van der Waals surface area contributed by atoms with E-state index in [2.05, 4.69) is 0 Å². The number of carbonyl (C=O) groups is 1. The number of rotatable bonds is 11. The Hall–Kier alpha value is -1.56. The zero-order chi connectivity index (χ0) is 23.9. The summed E-state index contributed by atoms with van der Waals surface area (Å²) in [5.74, 6) is 0.490. The topological polar surface area (TPSA) is 65.1 Å². The van der Waals surface area contributed by atoms with Crippen molar-refractivity contribution in [3.8, 4) is 5.75 Å². The van der Waals surface area contributed by atoms with E-state index >= 15 is 0 Å². The molecule has 0 saturated carbocycles. The van der Waals surface area contributed by atoms with E-state index in [4.69, 9.17) is 37.3 Å². The third-order valence-corrected chi connectivity index (χ3v) is 8.31. The van der Waals surface area contributed by atoms with E-state index in [1.807, 2.05) is 31.2 Å². The van der Waals surface area contributed by atoms with Gasteiger partial charge in [-0.05, 0) is 55.7 Å². The Balaban J connectivity index is 2.20. The molecule has 2 rings (SSSR count). The van der Waals surface area contributed by atoms with Gasteiger partial charge in [0.2, 0.25) is 13.3 Å². The van der Waals surface area contributed by atoms with Crippen LogP contribution >= 0.6 is 30.6 Å². The Bertz CT molecular complexity index is 954. The van der Waals surface area contributed by atoms with E-state index in [0.717, 1.165) is 16.9 Å². The quantitative estimate of drug-likeness (QED) is 0.247. The van der Waals surface area contributed by atoms with Gasteiger partial charge >= 0.3 is 0 Å². The molecule has 0 aliphatic rings. The van der Waals surface area contributed by atoms with E-state index in [1.54, 1.807) is 38.9 Å². The van der Waals surface area contributed by atoms with Gasteiger partial charge in [-0.2, -0.15) is 0 Å². The molecule has 0 aliphatic heterocycles. The standard InChI is InChI=1S/C23H30Cl2NO5P/c1-6-30-32(5,28)23(19-9-12-21(24)22(25)15-19)13-14-26(17(3)27)31-16(2)18-7-10-20(29-4)11-8-18/h7-12,15-16,23H,6,13-14H2,1-5H3. The summed E-state index contributed by atoms with van der Waals surface area (Å²) in [5.41, 5.74) is 1.16. The van der Waals surface area contributed by atoms with Crippen molar-refractivity contribution in [3.05, 3.63) is 63.6 Å². The first kappa shape index (κ1) is 26.7. The van der Waals surface area contributed by atoms with Gasteiger partial charge in [0.1, 0.15) is 11.9 Å². The van der Waals surface area contributed by atoms with Crippen LogP contribution in [-0.2, 0) is 18.7 Å². The van der Waals surface area contributed by atoms with E-state index in [9.17, 15) is 9.36 Å². The monoisotopic (exact) mass is 501 g/mol. The summed E-state index contributed by atoms with van der Waals surface area (Å²) in [5, 5.41) is 2.09. The number of hydroxylamine groups is 2. The van der Waals surface area contributed by atoms with Crippen LogP contribution in [0, 0.1) is 0 Å². The molecule has 0 heterocycles. The minimum Gasteiger partial charge on any atom is -0.497 e. The maximum absolute atomic E-state index is 13.3. The smallest absolute Gasteiger partial charge is 0.243 e. The molecular weight excluding hydrogens is 472 g/mol. The second-order valence-electron chi connectivity index (χ2n) is 7.45. The number of amides is 1. The van der Waals surface area contributed by atoms with Gasteiger partial charge in [0.05, 0.1) is 29.4 Å². The average Bonchev–Trinajstić information content (AvgIpc) is 2.75. The fourth-order valence-electron chi connectivity index (χ4n) is 3.39. The normalized spacial score (nSPS) is 15.0. The summed E-state index contributed by atoms with van der Waals surface area (Å²) in [6.07, 6.45) is -0.00532. The van der Waals surface area contributed by atoms with E-state index in [1.165, 1.54) is 12.0 Å². The highest BCUT2D eigenvalue weighted by atomic mass is 35.5. The molecule has 6 nitrogen and oxygen atoms in total. The Morgan fingerprint density at radius 1 is 1.09 bits per heavy atom. The largest absolute Gasteiger partial charge is 0.497 e. The Morgan fingerprint density at radius 3 is 2.25 bits per heavy atom. The average molecular weight is 502 g/mol. The van der Waals surface area contributed by atoms with Crippen molar-refractivity contribution in [1.29, 1.82) is 0 Å². The summed E-state index contributed by atoms with van der Waals surface area (Å²) in [6, 6.07) is 12.6. The number of methoxy groups -OCH3 is 1. The van der Waals surface area contributed by atoms with Crippen molar-refractivity contribution in [2.75, 3.05) is 26.9 Å². The fourth-order valence-corrected chi connectivity index (χ4v) is 5.67. The molecule has 0 N–H and O–H groups in total. The van der Waals surface area contributed by atoms with Gasteiger partial charge in [-0.15, -0.1) is 0 Å². The molecule has 3 unspecified atom stereocenters. The number of benzene rings is 2. The lowest BCUT2D eigenvalue weighted by Crippen LogP contribution is -2.32. The summed E-state index contributed by atoms with van der Waals surface area (Å²) < 4.78 is 24.1. The van der Waals surface area contributed by atoms with E-state index < -0.39 is 13.0 Å². The SMILES string of the molecule is CCOP(C)(=O)C(CCN(OC(C)c1ccc(OC)cc1)C(C)=O)c1ccc(Cl)c(Cl)c1. The van der Waals surface area contributed by atoms with Gasteiger partial charge in [0, 0.05) is 20.1 Å². The van der Waals surface area contributed by atoms with Crippen molar-refractivity contribution < 1.29 is 23.5 Å². The summed E-state index contributed by atoms with van der Waals surface area (Å²) in [7, 11) is -1.45. The van der Waals surface area contributed by atoms with Crippen molar-refractivity contribution >= 4 is 36.5 Å². The first-order chi connectivity index (χ1) is 15.1. The number of carbonyl (C=O) groups excluding carboxylic acids is 1. The summed E-state index contributed by atoms with van der Waals surface area (Å²) >= 11 is 12.2. The maximum Gasteiger partial charge on any atom is 0.243 e. The highest BCUT2D eigenvalue weighted by Crippen LogP contribution is 2.59. The maximum atomic E-state index is 13.3. The Morgan fingerprint density at radius 2 is 1.72 bits per heavy atom. The molecule has 1 amide bonds. The van der Waals surface area contributed by atoms with Crippen LogP contribution in [0.2, 0.25) is 10.0 Å². The van der Waals surface area contributed by atoms with Gasteiger partial charge < -0.3 is 9.26 Å². The molecule has 0 radical (unpaired) electrons. The number of halogens is 2. The van der Waals surface area contributed by atoms with Gasteiger partial charge in [0.15, 0.2) is 0 Å². The van der Waals surface area contributed by atoms with Gasteiger partial charge in [-0.25, -0.2) is 5.06 Å². The lowest BCUT2D eigenvalue weighted by atomic mass is 10.1. The molecule has 0 fully saturated rings. The lowest BCUT2D eigenvalue weighted by Gasteiger charge is -2.29. The highest BCUT2D eigenvalue weighted by Gasteiger charge is 2.32. The first-order valence-electron chi connectivity index (χ1n) is 10.3. The molecule has 32 heavy (non-hydrogen) atoms. The van der Waals surface area contributed by atoms with Crippen molar-refractivity contribution in [3.63, 3.8) is 0 Å². The van der Waals surface area contributed by atoms with Crippen LogP contribution in [0.15, 0.2) is 42.5 Å². The van der Waals surface area contributed by atoms with E-state index in [0.29, 0.717) is 23.1 Å². The second kappa shape index (κ2) is 12.1. The Labute approximate surface area is 200 Å². The van der Waals surface area contributed by atoms with Crippen LogP contribution in [0.25, 0.3) is 0 Å². The predicted octanol–water partition coefficient (Wildman–Crippen LogP) is 6.92. The lowest BCUT2D eigenvalue weighted by molar-refractivity contribution is -0.203. The molecule has 3 atom stereocenters. The van der Waals surface area contributed by atoms with Crippen LogP contribution < -0.4 is 4.74 Å². The molecule has 0 aromatic heterocycles. The van der Waals surface area contributed by atoms with Gasteiger partial charge in [-0.1, -0.05) is 41.4 Å². The highest BCUT2D eigenvalue weighted by molar-refractivity contribution is 7.58. The molecular formula is C23H30Cl2NO5P. The molecule has 0 bridgehead atoms. The van der Waals surface area contributed by atoms with Crippen LogP contribution in [0.5, 0.6) is 5.75 Å². The summed E-state index contributed by atoms with van der Waals surface area (Å²) in [6.45, 7) is 7.23. The van der Waals surface area contributed by atoms with Crippen molar-refractivity contribution in [2.24, 2.45) is 0 Å². The van der Waals surface area contributed by atoms with Crippen LogP contribution in [0.4, 0.5) is 0 Å². The molecule has 176 valence electrons. The van der Waals surface area contributed by atoms with E-state index in [-0.39, 0.29) is 18.6 Å². The number of ether oxygens (including phenoxy) is 1. The van der Waals surface area contributed by atoms with Gasteiger partial charge in [0.25, 0.3) is 0 Å². The Kier molecular flexibility index (Phi) is 10.1. The fraction of sp³-hybridized carbons (Fsp3) is 0.435.